The average Bonchev–Trinajstić information content (AvgIpc) is 2.32. The molecule has 0 heterocycles. The van der Waals surface area contributed by atoms with E-state index in [9.17, 15) is 15.0 Å². The van der Waals surface area contributed by atoms with Crippen molar-refractivity contribution in [3.8, 4) is 11.5 Å². The van der Waals surface area contributed by atoms with Crippen molar-refractivity contribution in [3.63, 3.8) is 0 Å². The number of carbonyl (C=O) groups is 1. The van der Waals surface area contributed by atoms with Crippen LogP contribution in [-0.4, -0.2) is 23.8 Å². The van der Waals surface area contributed by atoms with E-state index in [-0.39, 0.29) is 29.3 Å². The van der Waals surface area contributed by atoms with Crippen LogP contribution in [0.3, 0.4) is 0 Å². The summed E-state index contributed by atoms with van der Waals surface area (Å²) in [5.41, 5.74) is 1.46. The third-order valence-corrected chi connectivity index (χ3v) is 2.60. The lowest BCUT2D eigenvalue weighted by Gasteiger charge is -2.05. The van der Waals surface area contributed by atoms with Crippen LogP contribution in [0.1, 0.15) is 15.9 Å². The van der Waals surface area contributed by atoms with Gasteiger partial charge in [-0.1, -0.05) is 29.7 Å². The van der Waals surface area contributed by atoms with Crippen molar-refractivity contribution in [1.29, 1.82) is 0 Å². The van der Waals surface area contributed by atoms with Crippen molar-refractivity contribution >= 4 is 19.1 Å². The van der Waals surface area contributed by atoms with Crippen LogP contribution in [0.15, 0.2) is 42.5 Å². The van der Waals surface area contributed by atoms with Crippen LogP contribution >= 0.6 is 0 Å². The number of benzene rings is 2. The van der Waals surface area contributed by atoms with E-state index in [1.54, 1.807) is 24.3 Å². The van der Waals surface area contributed by atoms with E-state index in [0.717, 1.165) is 5.56 Å². The minimum Gasteiger partial charge on any atom is -0.508 e. The summed E-state index contributed by atoms with van der Waals surface area (Å²) < 4.78 is 0. The molecule has 0 aliphatic heterocycles. The molecule has 3 nitrogen and oxygen atoms in total. The van der Waals surface area contributed by atoms with E-state index in [1.807, 2.05) is 0 Å². The van der Waals surface area contributed by atoms with Crippen molar-refractivity contribution in [3.05, 3.63) is 53.6 Å². The number of ketones is 1. The molecule has 2 radical (unpaired) electrons. The molecule has 0 aliphatic rings. The lowest BCUT2D eigenvalue weighted by molar-refractivity contribution is 0.0990. The van der Waals surface area contributed by atoms with Crippen molar-refractivity contribution in [2.45, 2.75) is 6.42 Å². The molecule has 2 aromatic carbocycles. The zero-order chi connectivity index (χ0) is 13.1. The van der Waals surface area contributed by atoms with Crippen LogP contribution in [-0.2, 0) is 6.42 Å². The first-order valence-electron chi connectivity index (χ1n) is 5.46. The van der Waals surface area contributed by atoms with E-state index in [1.165, 1.54) is 18.2 Å². The van der Waals surface area contributed by atoms with E-state index in [0.29, 0.717) is 5.46 Å². The second-order valence-corrected chi connectivity index (χ2v) is 4.05. The third kappa shape index (κ3) is 2.72. The highest BCUT2D eigenvalue weighted by Crippen LogP contribution is 2.23. The van der Waals surface area contributed by atoms with Gasteiger partial charge in [-0.15, -0.1) is 0 Å². The molecule has 0 fully saturated rings. The van der Waals surface area contributed by atoms with E-state index < -0.39 is 0 Å². The number of hydrogen-bond acceptors (Lipinski definition) is 3. The summed E-state index contributed by atoms with van der Waals surface area (Å²) in [5, 5.41) is 18.9. The second kappa shape index (κ2) is 4.96. The first-order chi connectivity index (χ1) is 8.56. The Morgan fingerprint density at radius 2 is 1.89 bits per heavy atom. The number of aromatic hydroxyl groups is 2. The third-order valence-electron chi connectivity index (χ3n) is 2.60. The number of rotatable bonds is 3. The number of carbonyl (C=O) groups excluding carboxylic acids is 1. The summed E-state index contributed by atoms with van der Waals surface area (Å²) in [4.78, 5) is 12.0. The minimum absolute atomic E-state index is 0.0521. The lowest BCUT2D eigenvalue weighted by Crippen LogP contribution is -2.08. The number of hydrogen-bond donors (Lipinski definition) is 2. The van der Waals surface area contributed by atoms with Gasteiger partial charge in [0.15, 0.2) is 5.78 Å². The van der Waals surface area contributed by atoms with Gasteiger partial charge in [-0.3, -0.25) is 4.79 Å². The van der Waals surface area contributed by atoms with Crippen molar-refractivity contribution in [1.82, 2.24) is 0 Å². The molecule has 18 heavy (non-hydrogen) atoms. The highest BCUT2D eigenvalue weighted by atomic mass is 16.3. The second-order valence-electron chi connectivity index (χ2n) is 4.05. The Balaban J connectivity index is 2.24. The molecule has 4 heteroatoms. The fourth-order valence-corrected chi connectivity index (χ4v) is 1.73. The molecule has 0 unspecified atom stereocenters. The Morgan fingerprint density at radius 3 is 2.61 bits per heavy atom. The van der Waals surface area contributed by atoms with Gasteiger partial charge >= 0.3 is 0 Å². The van der Waals surface area contributed by atoms with Gasteiger partial charge in [-0.05, 0) is 23.8 Å². The Morgan fingerprint density at radius 1 is 1.11 bits per heavy atom. The van der Waals surface area contributed by atoms with E-state index in [4.69, 9.17) is 7.85 Å². The van der Waals surface area contributed by atoms with Gasteiger partial charge in [-0.25, -0.2) is 0 Å². The van der Waals surface area contributed by atoms with Crippen LogP contribution in [0.2, 0.25) is 0 Å². The molecule has 0 atom stereocenters. The van der Waals surface area contributed by atoms with Gasteiger partial charge in [0.25, 0.3) is 0 Å². The number of phenols is 2. The van der Waals surface area contributed by atoms with Gasteiger partial charge in [0.1, 0.15) is 19.3 Å². The number of Topliss-reactive ketones (excluding diaryl/α,β-unsaturated/α-hetero) is 1. The van der Waals surface area contributed by atoms with Crippen LogP contribution in [0.25, 0.3) is 0 Å². The average molecular weight is 238 g/mol. The molecule has 0 saturated carbocycles. The molecular formula is C14H11BO3. The smallest absolute Gasteiger partial charge is 0.171 e. The van der Waals surface area contributed by atoms with Crippen LogP contribution < -0.4 is 5.46 Å². The maximum atomic E-state index is 12.0. The van der Waals surface area contributed by atoms with E-state index in [2.05, 4.69) is 0 Å². The molecule has 0 bridgehead atoms. The van der Waals surface area contributed by atoms with Gasteiger partial charge < -0.3 is 10.2 Å². The molecular weight excluding hydrogens is 227 g/mol. The normalized spacial score (nSPS) is 10.2. The maximum Gasteiger partial charge on any atom is 0.171 e. The van der Waals surface area contributed by atoms with E-state index >= 15 is 0 Å². The van der Waals surface area contributed by atoms with Crippen LogP contribution in [0.5, 0.6) is 11.5 Å². The fourth-order valence-electron chi connectivity index (χ4n) is 1.73. The Bertz CT molecular complexity index is 593. The first kappa shape index (κ1) is 12.2. The molecule has 88 valence electrons. The Kier molecular flexibility index (Phi) is 3.37. The van der Waals surface area contributed by atoms with Gasteiger partial charge in [0, 0.05) is 6.42 Å². The molecule has 2 N–H and O–H groups in total. The minimum atomic E-state index is -0.269. The van der Waals surface area contributed by atoms with Crippen molar-refractivity contribution < 1.29 is 15.0 Å². The summed E-state index contributed by atoms with van der Waals surface area (Å²) in [6.07, 6.45) is 0.127. The van der Waals surface area contributed by atoms with Crippen LogP contribution in [0, 0.1) is 0 Å². The number of phenolic OH excluding ortho intramolecular Hbond substituents is 2. The largest absolute Gasteiger partial charge is 0.508 e. The monoisotopic (exact) mass is 238 g/mol. The fraction of sp³-hybridized carbons (Fsp3) is 0.0714. The van der Waals surface area contributed by atoms with Gasteiger partial charge in [0.05, 0.1) is 5.56 Å². The molecule has 0 amide bonds. The zero-order valence-electron chi connectivity index (χ0n) is 9.63. The summed E-state index contributed by atoms with van der Waals surface area (Å²) in [5.74, 6) is -0.459. The SMILES string of the molecule is [B]c1cccc(CC(=O)c2cc(O)ccc2O)c1. The van der Waals surface area contributed by atoms with Crippen LogP contribution in [0.4, 0.5) is 0 Å². The van der Waals surface area contributed by atoms with Gasteiger partial charge in [0.2, 0.25) is 0 Å². The standard InChI is InChI=1S/C14H11BO3/c15-10-3-1-2-9(6-10)7-14(18)12-8-11(16)4-5-13(12)17/h1-6,8,16-17H,7H2. The Hall–Kier alpha value is -2.23. The molecule has 0 spiro atoms. The Labute approximate surface area is 106 Å². The summed E-state index contributed by atoms with van der Waals surface area (Å²) in [7, 11) is 5.63. The topological polar surface area (TPSA) is 57.5 Å². The molecule has 0 aromatic heterocycles. The molecule has 0 aliphatic carbocycles. The highest BCUT2D eigenvalue weighted by Gasteiger charge is 2.12. The molecule has 0 saturated heterocycles. The first-order valence-corrected chi connectivity index (χ1v) is 5.46. The van der Waals surface area contributed by atoms with Crippen molar-refractivity contribution in [2.24, 2.45) is 0 Å². The summed E-state index contributed by atoms with van der Waals surface area (Å²) in [6.45, 7) is 0. The van der Waals surface area contributed by atoms with Gasteiger partial charge in [-0.2, -0.15) is 0 Å². The maximum absolute atomic E-state index is 12.0. The predicted molar refractivity (Wildman–Crippen MR) is 69.6 cm³/mol. The quantitative estimate of drug-likeness (QED) is 0.481. The zero-order valence-corrected chi connectivity index (χ0v) is 9.63. The summed E-state index contributed by atoms with van der Waals surface area (Å²) >= 11 is 0. The predicted octanol–water partition coefficient (Wildman–Crippen LogP) is 1.32. The highest BCUT2D eigenvalue weighted by molar-refractivity contribution is 6.32. The molecule has 2 rings (SSSR count). The molecule has 2 aromatic rings. The van der Waals surface area contributed by atoms with Crippen molar-refractivity contribution in [2.75, 3.05) is 0 Å². The lowest BCUT2D eigenvalue weighted by atomic mass is 9.92. The summed E-state index contributed by atoms with van der Waals surface area (Å²) in [6, 6.07) is 10.9.